The molecule has 174 valence electrons. The summed E-state index contributed by atoms with van der Waals surface area (Å²) in [5.74, 6) is -0.585. The molecule has 0 spiro atoms. The van der Waals surface area contributed by atoms with Crippen LogP contribution >= 0.6 is 0 Å². The monoisotopic (exact) mass is 498 g/mol. The van der Waals surface area contributed by atoms with Gasteiger partial charge in [-0.05, 0) is 30.2 Å². The van der Waals surface area contributed by atoms with Gasteiger partial charge in [-0.15, -0.1) is 0 Å². The second-order valence-corrected chi connectivity index (χ2v) is 14.6. The Morgan fingerprint density at radius 2 is 1.50 bits per heavy atom. The van der Waals surface area contributed by atoms with Crippen LogP contribution in [0.15, 0.2) is 64.4 Å². The maximum absolute atomic E-state index is 13.2. The molecule has 0 unspecified atom stereocenters. The number of sulfonamides is 1. The van der Waals surface area contributed by atoms with Crippen LogP contribution in [-0.4, -0.2) is 77.4 Å². The van der Waals surface area contributed by atoms with Crippen molar-refractivity contribution in [3.63, 3.8) is 0 Å². The minimum atomic E-state index is -3.94. The minimum Gasteiger partial charge on any atom is -0.296 e. The van der Waals surface area contributed by atoms with Crippen molar-refractivity contribution in [1.82, 2.24) is 9.21 Å². The van der Waals surface area contributed by atoms with E-state index in [1.54, 1.807) is 0 Å². The molecular formula is C21H26N2O6S3. The van der Waals surface area contributed by atoms with Gasteiger partial charge >= 0.3 is 0 Å². The van der Waals surface area contributed by atoms with E-state index in [0.717, 1.165) is 18.2 Å². The summed E-state index contributed by atoms with van der Waals surface area (Å²) in [4.78, 5) is 1.95. The van der Waals surface area contributed by atoms with Crippen LogP contribution in [0.2, 0.25) is 0 Å². The lowest BCUT2D eigenvalue weighted by molar-refractivity contribution is 0.181. The molecule has 0 N–H and O–H groups in total. The van der Waals surface area contributed by atoms with E-state index in [1.807, 2.05) is 30.3 Å². The molecule has 2 heterocycles. The van der Waals surface area contributed by atoms with Crippen LogP contribution in [0, 0.1) is 0 Å². The smallest absolute Gasteiger partial charge is 0.243 e. The predicted molar refractivity (Wildman–Crippen MR) is 121 cm³/mol. The Balaban J connectivity index is 1.48. The normalized spacial score (nSPS) is 22.7. The Labute approximate surface area is 189 Å². The number of rotatable bonds is 6. The number of sulfone groups is 2. The fourth-order valence-corrected chi connectivity index (χ4v) is 10.1. The van der Waals surface area contributed by atoms with Gasteiger partial charge in [0.1, 0.15) is 0 Å². The number of hydrogen-bond donors (Lipinski definition) is 0. The van der Waals surface area contributed by atoms with Gasteiger partial charge in [-0.3, -0.25) is 4.90 Å². The molecule has 2 saturated heterocycles. The van der Waals surface area contributed by atoms with Crippen LogP contribution in [0.3, 0.4) is 0 Å². The molecule has 8 nitrogen and oxygen atoms in total. The Morgan fingerprint density at radius 3 is 2.12 bits per heavy atom. The molecule has 0 amide bonds. The summed E-state index contributed by atoms with van der Waals surface area (Å²) in [6.07, 6.45) is 0.0328. The lowest BCUT2D eigenvalue weighted by Gasteiger charge is -2.34. The fourth-order valence-electron chi connectivity index (χ4n) is 4.13. The molecule has 2 fully saturated rings. The third kappa shape index (κ3) is 4.91. The number of nitrogens with zero attached hydrogens (tertiary/aromatic N) is 2. The Hall–Kier alpha value is -1.79. The highest BCUT2D eigenvalue weighted by molar-refractivity contribution is 7.96. The van der Waals surface area contributed by atoms with E-state index >= 15 is 0 Å². The van der Waals surface area contributed by atoms with Crippen molar-refractivity contribution in [2.45, 2.75) is 28.0 Å². The molecule has 0 aliphatic carbocycles. The van der Waals surface area contributed by atoms with Crippen molar-refractivity contribution in [2.75, 3.05) is 37.7 Å². The SMILES string of the molecule is O=S1(=O)CC[C@@H](S(=O)(=O)c2cccc(S(=O)(=O)N3CCN(Cc4ccccc4)CC3)c2)C1. The highest BCUT2D eigenvalue weighted by Gasteiger charge is 2.38. The molecule has 11 heteroatoms. The van der Waals surface area contributed by atoms with E-state index in [1.165, 1.54) is 22.5 Å². The van der Waals surface area contributed by atoms with Crippen LogP contribution in [0.25, 0.3) is 0 Å². The van der Waals surface area contributed by atoms with E-state index in [4.69, 9.17) is 0 Å². The van der Waals surface area contributed by atoms with Gasteiger partial charge in [-0.1, -0.05) is 36.4 Å². The summed E-state index contributed by atoms with van der Waals surface area (Å²) >= 11 is 0. The van der Waals surface area contributed by atoms with Crippen molar-refractivity contribution >= 4 is 29.7 Å². The zero-order valence-corrected chi connectivity index (χ0v) is 19.9. The Bertz CT molecular complexity index is 1280. The molecule has 2 aliphatic rings. The van der Waals surface area contributed by atoms with E-state index in [-0.39, 0.29) is 22.0 Å². The molecule has 2 aromatic carbocycles. The van der Waals surface area contributed by atoms with Crippen molar-refractivity contribution in [3.8, 4) is 0 Å². The van der Waals surface area contributed by atoms with Gasteiger partial charge in [0.05, 0.1) is 26.5 Å². The summed E-state index contributed by atoms with van der Waals surface area (Å²) in [6, 6.07) is 15.2. The van der Waals surface area contributed by atoms with E-state index in [2.05, 4.69) is 4.90 Å². The molecule has 0 saturated carbocycles. The fraction of sp³-hybridized carbons (Fsp3) is 0.429. The maximum Gasteiger partial charge on any atom is 0.243 e. The first-order valence-electron chi connectivity index (χ1n) is 10.4. The molecule has 2 aromatic rings. The van der Waals surface area contributed by atoms with Crippen LogP contribution < -0.4 is 0 Å². The molecule has 2 aliphatic heterocycles. The quantitative estimate of drug-likeness (QED) is 0.588. The first kappa shape index (κ1) is 23.4. The van der Waals surface area contributed by atoms with Crippen molar-refractivity contribution in [1.29, 1.82) is 0 Å². The summed E-state index contributed by atoms with van der Waals surface area (Å²) in [5, 5.41) is -1.04. The van der Waals surface area contributed by atoms with Gasteiger partial charge < -0.3 is 0 Å². The largest absolute Gasteiger partial charge is 0.296 e. The van der Waals surface area contributed by atoms with E-state index < -0.39 is 40.7 Å². The molecule has 0 aromatic heterocycles. The van der Waals surface area contributed by atoms with Gasteiger partial charge in [-0.25, -0.2) is 25.3 Å². The van der Waals surface area contributed by atoms with Crippen LogP contribution in [0.4, 0.5) is 0 Å². The van der Waals surface area contributed by atoms with Crippen molar-refractivity contribution in [3.05, 3.63) is 60.2 Å². The lowest BCUT2D eigenvalue weighted by Crippen LogP contribution is -2.48. The molecular weight excluding hydrogens is 472 g/mol. The number of piperazine rings is 1. The summed E-state index contributed by atoms with van der Waals surface area (Å²) in [5.41, 5.74) is 1.16. The van der Waals surface area contributed by atoms with Crippen LogP contribution in [0.5, 0.6) is 0 Å². The van der Waals surface area contributed by atoms with Gasteiger partial charge in [0.15, 0.2) is 19.7 Å². The van der Waals surface area contributed by atoms with Crippen molar-refractivity contribution < 1.29 is 25.3 Å². The lowest BCUT2D eigenvalue weighted by atomic mass is 10.2. The van der Waals surface area contributed by atoms with Gasteiger partial charge in [0, 0.05) is 32.7 Å². The number of hydrogen-bond acceptors (Lipinski definition) is 7. The predicted octanol–water partition coefficient (Wildman–Crippen LogP) is 1.15. The van der Waals surface area contributed by atoms with Gasteiger partial charge in [-0.2, -0.15) is 4.31 Å². The van der Waals surface area contributed by atoms with Crippen molar-refractivity contribution in [2.24, 2.45) is 0 Å². The molecule has 32 heavy (non-hydrogen) atoms. The van der Waals surface area contributed by atoms with Crippen LogP contribution in [-0.2, 0) is 36.2 Å². The first-order valence-corrected chi connectivity index (χ1v) is 15.2. The Kier molecular flexibility index (Phi) is 6.47. The number of benzene rings is 2. The average Bonchev–Trinajstić information content (AvgIpc) is 3.15. The Morgan fingerprint density at radius 1 is 0.844 bits per heavy atom. The third-order valence-electron chi connectivity index (χ3n) is 5.98. The second kappa shape index (κ2) is 8.86. The maximum atomic E-state index is 13.2. The first-order chi connectivity index (χ1) is 15.1. The summed E-state index contributed by atoms with van der Waals surface area (Å²) in [6.45, 7) is 2.52. The molecule has 4 rings (SSSR count). The van der Waals surface area contributed by atoms with Crippen LogP contribution in [0.1, 0.15) is 12.0 Å². The minimum absolute atomic E-state index is 0.0328. The van der Waals surface area contributed by atoms with E-state index in [0.29, 0.717) is 26.2 Å². The average molecular weight is 499 g/mol. The standard InChI is InChI=1S/C21H26N2O6S3/c24-30(25)14-9-21(17-30)31(26,27)19-7-4-8-20(15-19)32(28,29)23-12-10-22(11-13-23)16-18-5-2-1-3-6-18/h1-8,15,21H,9-14,16-17H2/t21-/m1/s1. The van der Waals surface area contributed by atoms with Gasteiger partial charge in [0.25, 0.3) is 0 Å². The zero-order valence-electron chi connectivity index (χ0n) is 17.5. The molecule has 0 radical (unpaired) electrons. The molecule has 0 bridgehead atoms. The summed E-state index contributed by atoms with van der Waals surface area (Å²) in [7, 11) is -11.2. The topological polar surface area (TPSA) is 109 Å². The summed E-state index contributed by atoms with van der Waals surface area (Å²) < 4.78 is 77.0. The third-order valence-corrected chi connectivity index (χ3v) is 12.0. The van der Waals surface area contributed by atoms with E-state index in [9.17, 15) is 25.3 Å². The highest BCUT2D eigenvalue weighted by Crippen LogP contribution is 2.28. The zero-order chi connectivity index (χ0) is 23.0. The van der Waals surface area contributed by atoms with Gasteiger partial charge in [0.2, 0.25) is 10.0 Å². The molecule has 1 atom stereocenters. The highest BCUT2D eigenvalue weighted by atomic mass is 32.2. The second-order valence-electron chi connectivity index (χ2n) is 8.21.